The number of hydrogen-bond acceptors (Lipinski definition) is 5. The van der Waals surface area contributed by atoms with Crippen molar-refractivity contribution >= 4 is 28.9 Å². The van der Waals surface area contributed by atoms with Crippen LogP contribution in [0.5, 0.6) is 0 Å². The molecule has 0 bridgehead atoms. The molecular formula is C15H24N2O4S. The van der Waals surface area contributed by atoms with Crippen molar-refractivity contribution in [3.63, 3.8) is 0 Å². The van der Waals surface area contributed by atoms with Crippen molar-refractivity contribution in [2.45, 2.75) is 51.7 Å². The second-order valence-corrected chi connectivity index (χ2v) is 7.09. The number of hydrogen-bond donors (Lipinski definition) is 1. The zero-order valence-corrected chi connectivity index (χ0v) is 14.0. The lowest BCUT2D eigenvalue weighted by Gasteiger charge is -2.30. The Bertz CT molecular complexity index is 443. The summed E-state index contributed by atoms with van der Waals surface area (Å²) in [6, 6.07) is 0.166. The molecule has 1 saturated carbocycles. The van der Waals surface area contributed by atoms with E-state index in [1.807, 2.05) is 0 Å². The van der Waals surface area contributed by atoms with E-state index in [1.54, 1.807) is 6.92 Å². The van der Waals surface area contributed by atoms with Gasteiger partial charge in [0, 0.05) is 18.3 Å². The Hall–Kier alpha value is -1.24. The van der Waals surface area contributed by atoms with E-state index < -0.39 is 12.1 Å². The first-order valence-corrected chi connectivity index (χ1v) is 8.87. The summed E-state index contributed by atoms with van der Waals surface area (Å²) in [5, 5.41) is 2.87. The summed E-state index contributed by atoms with van der Waals surface area (Å²) >= 11 is 1.20. The van der Waals surface area contributed by atoms with Crippen molar-refractivity contribution in [2.75, 3.05) is 18.8 Å². The van der Waals surface area contributed by atoms with E-state index in [0.29, 0.717) is 18.2 Å². The Morgan fingerprint density at radius 2 is 2.14 bits per heavy atom. The number of thioether (sulfide) groups is 1. The van der Waals surface area contributed by atoms with Crippen LogP contribution in [-0.2, 0) is 14.3 Å². The molecule has 2 aliphatic rings. The lowest BCUT2D eigenvalue weighted by atomic mass is 9.86. The fraction of sp³-hybridized carbons (Fsp3) is 0.800. The van der Waals surface area contributed by atoms with E-state index in [-0.39, 0.29) is 23.7 Å². The molecule has 2 fully saturated rings. The highest BCUT2D eigenvalue weighted by molar-refractivity contribution is 8.13. The van der Waals surface area contributed by atoms with Gasteiger partial charge in [0.05, 0.1) is 0 Å². The van der Waals surface area contributed by atoms with E-state index in [9.17, 15) is 14.4 Å². The lowest BCUT2D eigenvalue weighted by Crippen LogP contribution is -2.46. The largest absolute Gasteiger partial charge is 0.451 e. The molecule has 0 spiro atoms. The minimum absolute atomic E-state index is 0.0801. The second-order valence-electron chi connectivity index (χ2n) is 6.04. The topological polar surface area (TPSA) is 75.7 Å². The third-order valence-electron chi connectivity index (χ3n) is 4.28. The molecule has 1 heterocycles. The lowest BCUT2D eigenvalue weighted by molar-refractivity contribution is -0.155. The van der Waals surface area contributed by atoms with Crippen molar-refractivity contribution in [1.29, 1.82) is 0 Å². The van der Waals surface area contributed by atoms with Crippen LogP contribution in [0.25, 0.3) is 0 Å². The highest BCUT2D eigenvalue weighted by atomic mass is 32.2. The van der Waals surface area contributed by atoms with Gasteiger partial charge in [-0.2, -0.15) is 0 Å². The van der Waals surface area contributed by atoms with E-state index in [2.05, 4.69) is 12.2 Å². The fourth-order valence-electron chi connectivity index (χ4n) is 2.84. The third kappa shape index (κ3) is 4.63. The number of nitrogens with one attached hydrogen (secondary N) is 1. The van der Waals surface area contributed by atoms with Crippen LogP contribution in [0, 0.1) is 5.92 Å². The van der Waals surface area contributed by atoms with Gasteiger partial charge in [-0.3, -0.25) is 14.4 Å². The molecule has 3 atom stereocenters. The van der Waals surface area contributed by atoms with Gasteiger partial charge in [-0.1, -0.05) is 31.5 Å². The van der Waals surface area contributed by atoms with E-state index in [1.165, 1.54) is 23.1 Å². The highest BCUT2D eigenvalue weighted by Gasteiger charge is 2.28. The summed E-state index contributed by atoms with van der Waals surface area (Å²) in [4.78, 5) is 36.8. The SMILES string of the molecule is C[C@@H]1CCCC[C@@H]1NC(=O)[C@@H](C)OC(=O)CN1CCSC1=O. The maximum atomic E-state index is 12.1. The monoisotopic (exact) mass is 328 g/mol. The average Bonchev–Trinajstić information content (AvgIpc) is 2.86. The van der Waals surface area contributed by atoms with Gasteiger partial charge in [0.15, 0.2) is 6.10 Å². The zero-order chi connectivity index (χ0) is 16.1. The summed E-state index contributed by atoms with van der Waals surface area (Å²) in [6.45, 7) is 4.18. The smallest absolute Gasteiger partial charge is 0.326 e. The van der Waals surface area contributed by atoms with Crippen LogP contribution in [-0.4, -0.2) is 53.0 Å². The van der Waals surface area contributed by atoms with Crippen molar-refractivity contribution in [3.8, 4) is 0 Å². The molecule has 2 amide bonds. The first-order chi connectivity index (χ1) is 10.5. The molecule has 0 aromatic heterocycles. The molecule has 0 aromatic carbocycles. The van der Waals surface area contributed by atoms with E-state index in [4.69, 9.17) is 4.74 Å². The Labute approximate surface area is 135 Å². The molecule has 0 unspecified atom stereocenters. The predicted octanol–water partition coefficient (Wildman–Crippen LogP) is 1.78. The number of amides is 2. The number of rotatable bonds is 5. The molecule has 1 saturated heterocycles. The number of carbonyl (C=O) groups excluding carboxylic acids is 3. The standard InChI is InChI=1S/C15H24N2O4S/c1-10-5-3-4-6-12(10)16-14(19)11(2)21-13(18)9-17-7-8-22-15(17)20/h10-12H,3-9H2,1-2H3,(H,16,19)/t10-,11-,12+/m1/s1. The minimum atomic E-state index is -0.827. The van der Waals surface area contributed by atoms with Crippen molar-refractivity contribution in [2.24, 2.45) is 5.92 Å². The normalized spacial score (nSPS) is 26.6. The molecular weight excluding hydrogens is 304 g/mol. The first kappa shape index (κ1) is 17.1. The summed E-state index contributed by atoms with van der Waals surface area (Å²) in [5.74, 6) is 0.367. The van der Waals surface area contributed by atoms with Gasteiger partial charge >= 0.3 is 5.97 Å². The van der Waals surface area contributed by atoms with Crippen LogP contribution in [0.15, 0.2) is 0 Å². The van der Waals surface area contributed by atoms with Gasteiger partial charge in [0.2, 0.25) is 0 Å². The van der Waals surface area contributed by atoms with Crippen LogP contribution >= 0.6 is 11.8 Å². The Balaban J connectivity index is 1.75. The summed E-state index contributed by atoms with van der Waals surface area (Å²) in [6.07, 6.45) is 3.60. The van der Waals surface area contributed by atoms with Crippen LogP contribution < -0.4 is 5.32 Å². The van der Waals surface area contributed by atoms with Crippen molar-refractivity contribution in [1.82, 2.24) is 10.2 Å². The van der Waals surface area contributed by atoms with Crippen molar-refractivity contribution < 1.29 is 19.1 Å². The molecule has 0 aromatic rings. The summed E-state index contributed by atoms with van der Waals surface area (Å²) < 4.78 is 5.15. The van der Waals surface area contributed by atoms with E-state index >= 15 is 0 Å². The van der Waals surface area contributed by atoms with Crippen LogP contribution in [0.3, 0.4) is 0 Å². The second kappa shape index (κ2) is 7.85. The minimum Gasteiger partial charge on any atom is -0.451 e. The van der Waals surface area contributed by atoms with Gasteiger partial charge in [-0.25, -0.2) is 0 Å². The van der Waals surface area contributed by atoms with Gasteiger partial charge in [0.25, 0.3) is 11.1 Å². The maximum Gasteiger partial charge on any atom is 0.326 e. The molecule has 1 aliphatic heterocycles. The summed E-state index contributed by atoms with van der Waals surface area (Å²) in [7, 11) is 0. The third-order valence-corrected chi connectivity index (χ3v) is 5.17. The van der Waals surface area contributed by atoms with Crippen molar-refractivity contribution in [3.05, 3.63) is 0 Å². The average molecular weight is 328 g/mol. The molecule has 0 radical (unpaired) electrons. The van der Waals surface area contributed by atoms with Gasteiger partial charge in [-0.15, -0.1) is 0 Å². The van der Waals surface area contributed by atoms with Crippen LogP contribution in [0.1, 0.15) is 39.5 Å². The number of carbonyl (C=O) groups is 3. The Morgan fingerprint density at radius 3 is 2.77 bits per heavy atom. The van der Waals surface area contributed by atoms with Gasteiger partial charge < -0.3 is 15.0 Å². The Kier molecular flexibility index (Phi) is 6.11. The Morgan fingerprint density at radius 1 is 1.41 bits per heavy atom. The molecule has 1 aliphatic carbocycles. The zero-order valence-electron chi connectivity index (χ0n) is 13.2. The predicted molar refractivity (Wildman–Crippen MR) is 84.5 cm³/mol. The van der Waals surface area contributed by atoms with Crippen LogP contribution in [0.4, 0.5) is 4.79 Å². The first-order valence-electron chi connectivity index (χ1n) is 7.89. The fourth-order valence-corrected chi connectivity index (χ4v) is 3.67. The number of esters is 1. The quantitative estimate of drug-likeness (QED) is 0.779. The number of nitrogens with zero attached hydrogens (tertiary/aromatic N) is 1. The van der Waals surface area contributed by atoms with Crippen LogP contribution in [0.2, 0.25) is 0 Å². The molecule has 1 N–H and O–H groups in total. The van der Waals surface area contributed by atoms with E-state index in [0.717, 1.165) is 19.3 Å². The highest BCUT2D eigenvalue weighted by Crippen LogP contribution is 2.23. The van der Waals surface area contributed by atoms with Gasteiger partial charge in [0.1, 0.15) is 6.54 Å². The van der Waals surface area contributed by atoms with Gasteiger partial charge in [-0.05, 0) is 25.7 Å². The molecule has 2 rings (SSSR count). The summed E-state index contributed by atoms with van der Waals surface area (Å²) in [5.41, 5.74) is 0. The number of ether oxygens (including phenoxy) is 1. The molecule has 7 heteroatoms. The molecule has 6 nitrogen and oxygen atoms in total. The molecule has 22 heavy (non-hydrogen) atoms. The maximum absolute atomic E-state index is 12.1. The molecule has 124 valence electrons.